The second-order valence-corrected chi connectivity index (χ2v) is 14.8. The minimum atomic E-state index is -0.574. The van der Waals surface area contributed by atoms with Crippen molar-refractivity contribution in [3.8, 4) is 11.5 Å². The van der Waals surface area contributed by atoms with Gasteiger partial charge in [-0.3, -0.25) is 19.7 Å². The predicted octanol–water partition coefficient (Wildman–Crippen LogP) is 7.91. The number of nitrogens with one attached hydrogen (secondary N) is 3. The molecule has 3 amide bonds. The van der Waals surface area contributed by atoms with Crippen molar-refractivity contribution >= 4 is 56.1 Å². The van der Waals surface area contributed by atoms with Crippen LogP contribution < -0.4 is 25.4 Å². The fraction of sp³-hybridized carbons (Fsp3) is 0.439. The van der Waals surface area contributed by atoms with E-state index in [1.165, 1.54) is 12.8 Å². The number of methoxy groups -OCH3 is 1. The Morgan fingerprint density at radius 1 is 0.943 bits per heavy atom. The van der Waals surface area contributed by atoms with Gasteiger partial charge in [-0.25, -0.2) is 9.97 Å². The van der Waals surface area contributed by atoms with Crippen LogP contribution in [0.3, 0.4) is 0 Å². The number of carbonyl (C=O) groups excluding carboxylic acids is 3. The zero-order valence-electron chi connectivity index (χ0n) is 30.8. The van der Waals surface area contributed by atoms with E-state index in [0.29, 0.717) is 48.9 Å². The Kier molecular flexibility index (Phi) is 12.8. The number of carbonyl (C=O) groups is 3. The quantitative estimate of drug-likeness (QED) is 0.0722. The molecule has 2 aliphatic heterocycles. The average molecular weight is 786 g/mol. The van der Waals surface area contributed by atoms with Gasteiger partial charge in [0.25, 0.3) is 5.91 Å². The molecular formula is C41H49BrN6O5. The maximum Gasteiger partial charge on any atom is 0.254 e. The van der Waals surface area contributed by atoms with E-state index in [0.717, 1.165) is 76.7 Å². The summed E-state index contributed by atoms with van der Waals surface area (Å²) in [4.78, 5) is 48.0. The lowest BCUT2D eigenvalue weighted by atomic mass is 9.94. The Balaban J connectivity index is 0.881. The first-order valence-electron chi connectivity index (χ1n) is 18.7. The molecule has 12 heteroatoms. The number of aryl methyl sites for hydroxylation is 1. The molecule has 3 N–H and O–H groups in total. The number of fused-ring (bicyclic) bond motifs is 2. The molecule has 6 rings (SSSR count). The fourth-order valence-corrected chi connectivity index (χ4v) is 7.54. The van der Waals surface area contributed by atoms with Gasteiger partial charge in [-0.05, 0) is 87.1 Å². The van der Waals surface area contributed by atoms with Crippen molar-refractivity contribution in [3.63, 3.8) is 0 Å². The monoisotopic (exact) mass is 784 g/mol. The molecule has 3 heterocycles. The van der Waals surface area contributed by atoms with Gasteiger partial charge < -0.3 is 25.0 Å². The number of hydrogen-bond donors (Lipinski definition) is 3. The van der Waals surface area contributed by atoms with E-state index in [9.17, 15) is 14.4 Å². The molecule has 2 unspecified atom stereocenters. The lowest BCUT2D eigenvalue weighted by Gasteiger charge is -2.36. The number of imide groups is 1. The molecule has 280 valence electrons. The molecule has 4 aromatic rings. The van der Waals surface area contributed by atoms with Gasteiger partial charge in [0.1, 0.15) is 17.7 Å². The molecular weight excluding hydrogens is 736 g/mol. The van der Waals surface area contributed by atoms with Crippen molar-refractivity contribution in [1.29, 1.82) is 0 Å². The number of anilines is 2. The van der Waals surface area contributed by atoms with E-state index in [-0.39, 0.29) is 30.2 Å². The van der Waals surface area contributed by atoms with Gasteiger partial charge in [-0.2, -0.15) is 0 Å². The Hall–Kier alpha value is -4.71. The molecule has 0 spiro atoms. The molecule has 1 fully saturated rings. The van der Waals surface area contributed by atoms with Crippen LogP contribution in [0, 0.1) is 6.92 Å². The highest BCUT2D eigenvalue weighted by molar-refractivity contribution is 9.10. The Labute approximate surface area is 319 Å². The first-order chi connectivity index (χ1) is 25.7. The van der Waals surface area contributed by atoms with E-state index in [1.807, 2.05) is 43.3 Å². The van der Waals surface area contributed by atoms with Crippen LogP contribution >= 0.6 is 15.9 Å². The number of halogens is 1. The molecule has 0 radical (unpaired) electrons. The van der Waals surface area contributed by atoms with Gasteiger partial charge in [0.15, 0.2) is 11.5 Å². The van der Waals surface area contributed by atoms with Gasteiger partial charge >= 0.3 is 0 Å². The predicted molar refractivity (Wildman–Crippen MR) is 211 cm³/mol. The third kappa shape index (κ3) is 9.64. The summed E-state index contributed by atoms with van der Waals surface area (Å²) in [5.41, 5.74) is 4.62. The van der Waals surface area contributed by atoms with Crippen molar-refractivity contribution in [2.75, 3.05) is 37.4 Å². The number of nitrogens with zero attached hydrogens (tertiary/aromatic N) is 3. The fourth-order valence-electron chi connectivity index (χ4n) is 7.12. The van der Waals surface area contributed by atoms with E-state index in [2.05, 4.69) is 57.0 Å². The summed E-state index contributed by atoms with van der Waals surface area (Å²) in [6, 6.07) is 17.5. The third-order valence-corrected chi connectivity index (χ3v) is 10.5. The van der Waals surface area contributed by atoms with Crippen molar-refractivity contribution in [2.45, 2.75) is 90.1 Å². The van der Waals surface area contributed by atoms with Crippen LogP contribution in [0.25, 0.3) is 10.9 Å². The highest BCUT2D eigenvalue weighted by Crippen LogP contribution is 2.36. The molecule has 11 nitrogen and oxygen atoms in total. The molecule has 2 aliphatic rings. The van der Waals surface area contributed by atoms with Crippen LogP contribution in [-0.2, 0) is 16.0 Å². The first-order valence-corrected chi connectivity index (χ1v) is 19.5. The van der Waals surface area contributed by atoms with Crippen molar-refractivity contribution in [3.05, 3.63) is 81.6 Å². The summed E-state index contributed by atoms with van der Waals surface area (Å²) >= 11 is 3.56. The highest BCUT2D eigenvalue weighted by atomic mass is 79.9. The van der Waals surface area contributed by atoms with Gasteiger partial charge in [0, 0.05) is 46.7 Å². The van der Waals surface area contributed by atoms with E-state index in [1.54, 1.807) is 12.0 Å². The Morgan fingerprint density at radius 2 is 1.74 bits per heavy atom. The first kappa shape index (κ1) is 38.0. The maximum absolute atomic E-state index is 13.1. The van der Waals surface area contributed by atoms with Crippen LogP contribution in [-0.4, -0.2) is 65.4 Å². The largest absolute Gasteiger partial charge is 0.493 e. The summed E-state index contributed by atoms with van der Waals surface area (Å²) < 4.78 is 12.9. The molecule has 2 atom stereocenters. The number of ether oxygens (including phenoxy) is 2. The van der Waals surface area contributed by atoms with Gasteiger partial charge in [-0.1, -0.05) is 60.2 Å². The standard InChI is InChI=1S/C41H49BrN6O5/c1-26(28-12-11-13-30(42)22-28)44-39-33-24-36(52-3)37(25-34(33)45-27(2)46-39)53-21-10-8-6-4-5-7-9-19-43-31-14-15-32-29(23-31)18-20-48(41(32)51)35-16-17-38(49)47-40(35)50/h11-15,22-26,35,43H,4-10,16-21H2,1-3H3,(H,44,45,46)(H,47,49,50). The minimum Gasteiger partial charge on any atom is -0.493 e. The zero-order valence-corrected chi connectivity index (χ0v) is 32.4. The van der Waals surface area contributed by atoms with Crippen LogP contribution in [0.1, 0.15) is 98.1 Å². The van der Waals surface area contributed by atoms with Crippen molar-refractivity contribution in [2.24, 2.45) is 0 Å². The van der Waals surface area contributed by atoms with E-state index >= 15 is 0 Å². The number of benzene rings is 3. The molecule has 3 aromatic carbocycles. The third-order valence-electron chi connectivity index (χ3n) is 10.0. The second kappa shape index (κ2) is 17.9. The smallest absolute Gasteiger partial charge is 0.254 e. The van der Waals surface area contributed by atoms with E-state index < -0.39 is 6.04 Å². The molecule has 53 heavy (non-hydrogen) atoms. The van der Waals surface area contributed by atoms with Gasteiger partial charge in [0.05, 0.1) is 25.3 Å². The number of rotatable bonds is 17. The maximum atomic E-state index is 13.1. The molecule has 1 saturated heterocycles. The Bertz CT molecular complexity index is 1950. The number of unbranched alkanes of at least 4 members (excludes halogenated alkanes) is 6. The van der Waals surface area contributed by atoms with E-state index in [4.69, 9.17) is 19.4 Å². The molecule has 0 bridgehead atoms. The summed E-state index contributed by atoms with van der Waals surface area (Å²) in [5, 5.41) is 10.3. The summed E-state index contributed by atoms with van der Waals surface area (Å²) in [7, 11) is 1.66. The molecule has 1 aromatic heterocycles. The second-order valence-electron chi connectivity index (χ2n) is 13.9. The zero-order chi connectivity index (χ0) is 37.3. The number of amides is 3. The number of aromatic nitrogens is 2. The van der Waals surface area contributed by atoms with Gasteiger partial charge in [0.2, 0.25) is 11.8 Å². The summed E-state index contributed by atoms with van der Waals surface area (Å²) in [5.74, 6) is 2.02. The SMILES string of the molecule is COc1cc2c(NC(C)c3cccc(Br)c3)nc(C)nc2cc1OCCCCCCCCCNc1ccc2c(c1)CCN(C1CCC(=O)NC1=O)C2=O. The van der Waals surface area contributed by atoms with Crippen LogP contribution in [0.15, 0.2) is 59.1 Å². The summed E-state index contributed by atoms with van der Waals surface area (Å²) in [6.45, 7) is 5.98. The normalized spacial score (nSPS) is 16.3. The molecule has 0 saturated carbocycles. The highest BCUT2D eigenvalue weighted by Gasteiger charge is 2.37. The molecule has 0 aliphatic carbocycles. The number of piperidine rings is 1. The van der Waals surface area contributed by atoms with Crippen LogP contribution in [0.4, 0.5) is 11.5 Å². The Morgan fingerprint density at radius 3 is 2.51 bits per heavy atom. The average Bonchev–Trinajstić information content (AvgIpc) is 3.14. The van der Waals surface area contributed by atoms with Crippen molar-refractivity contribution in [1.82, 2.24) is 20.2 Å². The lowest BCUT2D eigenvalue weighted by molar-refractivity contribution is -0.136. The minimum absolute atomic E-state index is 0.0438. The number of hydrogen-bond acceptors (Lipinski definition) is 9. The van der Waals surface area contributed by atoms with Gasteiger partial charge in [-0.15, -0.1) is 0 Å². The van der Waals surface area contributed by atoms with Crippen molar-refractivity contribution < 1.29 is 23.9 Å². The lowest BCUT2D eigenvalue weighted by Crippen LogP contribution is -2.55. The van der Waals surface area contributed by atoms with Crippen LogP contribution in [0.5, 0.6) is 11.5 Å². The summed E-state index contributed by atoms with van der Waals surface area (Å²) in [6.07, 6.45) is 9.17. The topological polar surface area (TPSA) is 135 Å². The van der Waals surface area contributed by atoms with Crippen LogP contribution in [0.2, 0.25) is 0 Å².